The number of carbonyl (C=O) groups is 2. The smallest absolute Gasteiger partial charge is 0.433 e. The van der Waals surface area contributed by atoms with Crippen LogP contribution in [0.2, 0.25) is 0 Å². The van der Waals surface area contributed by atoms with Crippen LogP contribution in [0, 0.1) is 18.8 Å². The predicted octanol–water partition coefficient (Wildman–Crippen LogP) is 4.18. The zero-order valence-electron chi connectivity index (χ0n) is 20.8. The molecule has 0 spiro atoms. The maximum absolute atomic E-state index is 13.0. The number of hydrogen-bond acceptors (Lipinski definition) is 6. The van der Waals surface area contributed by atoms with Crippen molar-refractivity contribution < 1.29 is 32.6 Å². The topological polar surface area (TPSA) is 117 Å². The Morgan fingerprint density at radius 3 is 2.62 bits per heavy atom. The van der Waals surface area contributed by atoms with Gasteiger partial charge in [-0.25, -0.2) is 9.78 Å². The Hall–Kier alpha value is -4.63. The number of aryl methyl sites for hydroxylation is 1. The molecule has 0 unspecified atom stereocenters. The molecule has 3 aromatic rings. The highest BCUT2D eigenvalue weighted by Gasteiger charge is 2.33. The van der Waals surface area contributed by atoms with Gasteiger partial charge in [-0.15, -0.1) is 0 Å². The third-order valence-corrected chi connectivity index (χ3v) is 5.81. The van der Waals surface area contributed by atoms with Gasteiger partial charge in [0.15, 0.2) is 0 Å². The molecule has 0 bridgehead atoms. The maximum atomic E-state index is 13.0. The van der Waals surface area contributed by atoms with E-state index in [1.54, 1.807) is 24.3 Å². The number of carboxylic acid groups (broad SMARTS) is 1. The Morgan fingerprint density at radius 1 is 1.13 bits per heavy atom. The molecule has 0 atom stereocenters. The molecule has 0 saturated carbocycles. The number of pyridine rings is 2. The van der Waals surface area contributed by atoms with Crippen molar-refractivity contribution in [1.29, 1.82) is 0 Å². The molecule has 2 amide bonds. The van der Waals surface area contributed by atoms with Crippen molar-refractivity contribution in [3.8, 4) is 23.0 Å². The second-order valence-electron chi connectivity index (χ2n) is 8.57. The van der Waals surface area contributed by atoms with E-state index in [-0.39, 0.29) is 12.1 Å². The third kappa shape index (κ3) is 7.24. The number of amides is 2. The maximum Gasteiger partial charge on any atom is 0.433 e. The molecule has 9 nitrogen and oxygen atoms in total. The van der Waals surface area contributed by atoms with E-state index in [2.05, 4.69) is 37.3 Å². The summed E-state index contributed by atoms with van der Waals surface area (Å²) in [5, 5.41) is 13.6. The van der Waals surface area contributed by atoms with Gasteiger partial charge in [-0.3, -0.25) is 9.78 Å². The molecule has 202 valence electrons. The second-order valence-corrected chi connectivity index (χ2v) is 8.57. The molecule has 12 heteroatoms. The van der Waals surface area contributed by atoms with E-state index in [0.29, 0.717) is 49.6 Å². The first kappa shape index (κ1) is 27.4. The Balaban J connectivity index is 1.66. The van der Waals surface area contributed by atoms with Crippen LogP contribution in [0.1, 0.15) is 27.3 Å². The number of nitrogens with one attached hydrogen (secondary N) is 2. The minimum Gasteiger partial charge on any atom is -0.465 e. The number of nitrogens with zero attached hydrogens (tertiary/aromatic N) is 3. The Kier molecular flexibility index (Phi) is 8.31. The van der Waals surface area contributed by atoms with Crippen molar-refractivity contribution in [2.24, 2.45) is 0 Å². The molecule has 0 radical (unpaired) electrons. The number of ether oxygens (including phenoxy) is 1. The van der Waals surface area contributed by atoms with Crippen LogP contribution in [0.3, 0.4) is 0 Å². The molecular formula is C27H24F3N5O4. The summed E-state index contributed by atoms with van der Waals surface area (Å²) in [5.74, 6) is 5.57. The SMILES string of the molecule is Cc1ccc(NC(=O)c2ccnc(C(F)(F)F)c2)cc1-c1cc(C#CCNC(=O)O)nc(N2CCOCC2)c1. The number of rotatable bonds is 5. The molecule has 1 aromatic carbocycles. The van der Waals surface area contributed by atoms with Gasteiger partial charge in [-0.2, -0.15) is 13.2 Å². The molecule has 3 heterocycles. The van der Waals surface area contributed by atoms with E-state index in [1.807, 2.05) is 13.0 Å². The summed E-state index contributed by atoms with van der Waals surface area (Å²) >= 11 is 0. The summed E-state index contributed by atoms with van der Waals surface area (Å²) in [5.41, 5.74) is 1.85. The molecule has 0 aliphatic carbocycles. The molecular weight excluding hydrogens is 515 g/mol. The van der Waals surface area contributed by atoms with E-state index in [9.17, 15) is 22.8 Å². The Morgan fingerprint density at radius 2 is 1.90 bits per heavy atom. The number of benzene rings is 1. The predicted molar refractivity (Wildman–Crippen MR) is 138 cm³/mol. The zero-order chi connectivity index (χ0) is 28.0. The van der Waals surface area contributed by atoms with Crippen molar-refractivity contribution in [2.75, 3.05) is 43.1 Å². The van der Waals surface area contributed by atoms with E-state index < -0.39 is 23.9 Å². The third-order valence-electron chi connectivity index (χ3n) is 5.81. The highest BCUT2D eigenvalue weighted by atomic mass is 19.4. The first-order valence-corrected chi connectivity index (χ1v) is 11.9. The van der Waals surface area contributed by atoms with Gasteiger partial charge in [0.2, 0.25) is 0 Å². The van der Waals surface area contributed by atoms with Gasteiger partial charge in [0, 0.05) is 30.5 Å². The number of morpholine rings is 1. The van der Waals surface area contributed by atoms with Gasteiger partial charge < -0.3 is 25.4 Å². The lowest BCUT2D eigenvalue weighted by Gasteiger charge is -2.28. The second kappa shape index (κ2) is 11.8. The van der Waals surface area contributed by atoms with Gasteiger partial charge >= 0.3 is 12.3 Å². The molecule has 2 aromatic heterocycles. The zero-order valence-corrected chi connectivity index (χ0v) is 20.8. The molecule has 39 heavy (non-hydrogen) atoms. The summed E-state index contributed by atoms with van der Waals surface area (Å²) in [4.78, 5) is 33.4. The summed E-state index contributed by atoms with van der Waals surface area (Å²) in [6, 6.07) is 10.7. The fourth-order valence-electron chi connectivity index (χ4n) is 3.89. The molecule has 4 rings (SSSR count). The van der Waals surface area contributed by atoms with E-state index in [4.69, 9.17) is 9.84 Å². The minimum atomic E-state index is -4.67. The van der Waals surface area contributed by atoms with Crippen LogP contribution in [0.5, 0.6) is 0 Å². The van der Waals surface area contributed by atoms with Gasteiger partial charge in [-0.1, -0.05) is 12.0 Å². The summed E-state index contributed by atoms with van der Waals surface area (Å²) < 4.78 is 44.5. The lowest BCUT2D eigenvalue weighted by Crippen LogP contribution is -2.36. The van der Waals surface area contributed by atoms with Crippen LogP contribution in [-0.4, -0.2) is 59.9 Å². The van der Waals surface area contributed by atoms with Crippen LogP contribution < -0.4 is 15.5 Å². The summed E-state index contributed by atoms with van der Waals surface area (Å²) in [7, 11) is 0. The lowest BCUT2D eigenvalue weighted by molar-refractivity contribution is -0.141. The van der Waals surface area contributed by atoms with Gasteiger partial charge in [0.1, 0.15) is 17.2 Å². The number of aromatic nitrogens is 2. The molecule has 1 fully saturated rings. The summed E-state index contributed by atoms with van der Waals surface area (Å²) in [6.45, 7) is 4.16. The Labute approximate surface area is 222 Å². The van der Waals surface area contributed by atoms with E-state index >= 15 is 0 Å². The van der Waals surface area contributed by atoms with E-state index in [0.717, 1.165) is 22.9 Å². The number of halogens is 3. The molecule has 1 aliphatic rings. The number of hydrogen-bond donors (Lipinski definition) is 3. The van der Waals surface area contributed by atoms with Crippen molar-refractivity contribution in [1.82, 2.24) is 15.3 Å². The van der Waals surface area contributed by atoms with Crippen molar-refractivity contribution >= 4 is 23.5 Å². The monoisotopic (exact) mass is 539 g/mol. The number of anilines is 2. The summed E-state index contributed by atoms with van der Waals surface area (Å²) in [6.07, 6.45) is -4.91. The van der Waals surface area contributed by atoms with Crippen LogP contribution in [-0.2, 0) is 10.9 Å². The Bertz CT molecular complexity index is 1440. The van der Waals surface area contributed by atoms with Gasteiger partial charge in [-0.05, 0) is 65.9 Å². The molecule has 1 aliphatic heterocycles. The number of carbonyl (C=O) groups excluding carboxylic acids is 1. The molecule has 1 saturated heterocycles. The molecule has 3 N–H and O–H groups in total. The number of alkyl halides is 3. The van der Waals surface area contributed by atoms with Crippen molar-refractivity contribution in [3.05, 3.63) is 71.2 Å². The average Bonchev–Trinajstić information content (AvgIpc) is 2.92. The van der Waals surface area contributed by atoms with Crippen molar-refractivity contribution in [3.63, 3.8) is 0 Å². The van der Waals surface area contributed by atoms with Crippen LogP contribution in [0.25, 0.3) is 11.1 Å². The largest absolute Gasteiger partial charge is 0.465 e. The average molecular weight is 540 g/mol. The highest BCUT2D eigenvalue weighted by Crippen LogP contribution is 2.31. The van der Waals surface area contributed by atoms with Crippen LogP contribution >= 0.6 is 0 Å². The van der Waals surface area contributed by atoms with Gasteiger partial charge in [0.05, 0.1) is 19.8 Å². The van der Waals surface area contributed by atoms with E-state index in [1.165, 1.54) is 6.07 Å². The first-order chi connectivity index (χ1) is 18.6. The quantitative estimate of drug-likeness (QED) is 0.417. The highest BCUT2D eigenvalue weighted by molar-refractivity contribution is 6.04. The standard InChI is InChI=1S/C27H24F3N5O4/c1-17-4-5-21(34-25(36)18-6-8-31-23(14-18)27(28,29)30)16-22(17)19-13-20(3-2-7-32-26(37)38)33-24(15-19)35-9-11-39-12-10-35/h4-6,8,13-16,32H,7,9-12H2,1H3,(H,34,36)(H,37,38). The first-order valence-electron chi connectivity index (χ1n) is 11.9. The fourth-order valence-corrected chi connectivity index (χ4v) is 3.89. The minimum absolute atomic E-state index is 0.0697. The fraction of sp³-hybridized carbons (Fsp3) is 0.259. The lowest BCUT2D eigenvalue weighted by atomic mass is 9.99. The normalized spacial score (nSPS) is 13.3. The van der Waals surface area contributed by atoms with Crippen LogP contribution in [0.15, 0.2) is 48.7 Å². The van der Waals surface area contributed by atoms with Crippen LogP contribution in [0.4, 0.5) is 29.5 Å². The van der Waals surface area contributed by atoms with Crippen molar-refractivity contribution in [2.45, 2.75) is 13.1 Å². The van der Waals surface area contributed by atoms with Gasteiger partial charge in [0.25, 0.3) is 5.91 Å².